The van der Waals surface area contributed by atoms with Crippen LogP contribution in [-0.2, 0) is 4.79 Å². The summed E-state index contributed by atoms with van der Waals surface area (Å²) in [6.45, 7) is 8.77. The summed E-state index contributed by atoms with van der Waals surface area (Å²) in [6, 6.07) is 12.1. The van der Waals surface area contributed by atoms with Gasteiger partial charge in [-0.3, -0.25) is 9.59 Å². The van der Waals surface area contributed by atoms with E-state index in [4.69, 9.17) is 9.47 Å². The molecule has 0 aliphatic carbocycles. The van der Waals surface area contributed by atoms with Crippen molar-refractivity contribution in [3.8, 4) is 11.5 Å². The second-order valence-corrected chi connectivity index (χ2v) is 6.71. The van der Waals surface area contributed by atoms with Crippen LogP contribution >= 0.6 is 0 Å². The summed E-state index contributed by atoms with van der Waals surface area (Å²) in [6.07, 6.45) is 0.471. The van der Waals surface area contributed by atoms with Crippen LogP contribution in [0, 0.1) is 5.92 Å². The highest BCUT2D eigenvalue weighted by atomic mass is 16.5. The molecule has 0 spiro atoms. The Morgan fingerprint density at radius 3 is 2.00 bits per heavy atom. The minimum absolute atomic E-state index is 0.0235. The molecule has 0 fully saturated rings. The first kappa shape index (κ1) is 21.3. The average molecular weight is 384 g/mol. The highest BCUT2D eigenvalue weighted by molar-refractivity contribution is 6.04. The molecule has 6 nitrogen and oxygen atoms in total. The van der Waals surface area contributed by atoms with Crippen LogP contribution in [0.1, 0.15) is 44.5 Å². The van der Waals surface area contributed by atoms with Gasteiger partial charge in [0.2, 0.25) is 5.91 Å². The molecule has 2 aromatic rings. The lowest BCUT2D eigenvalue weighted by Crippen LogP contribution is -2.14. The van der Waals surface area contributed by atoms with Gasteiger partial charge in [-0.2, -0.15) is 0 Å². The fourth-order valence-electron chi connectivity index (χ4n) is 2.62. The summed E-state index contributed by atoms with van der Waals surface area (Å²) in [5, 5.41) is 5.69. The summed E-state index contributed by atoms with van der Waals surface area (Å²) >= 11 is 0. The number of hydrogen-bond donors (Lipinski definition) is 2. The van der Waals surface area contributed by atoms with Gasteiger partial charge in [0.05, 0.1) is 13.2 Å². The van der Waals surface area contributed by atoms with E-state index in [0.29, 0.717) is 54.0 Å². The van der Waals surface area contributed by atoms with Crippen molar-refractivity contribution in [3.63, 3.8) is 0 Å². The highest BCUT2D eigenvalue weighted by Crippen LogP contribution is 2.29. The normalized spacial score (nSPS) is 10.5. The number of hydrogen-bond acceptors (Lipinski definition) is 4. The SMILES string of the molecule is CCOc1ccc(C(=O)Nc2ccc(NC(=O)CC(C)C)cc2)cc1OCC. The van der Waals surface area contributed by atoms with Gasteiger partial charge in [0, 0.05) is 23.4 Å². The van der Waals surface area contributed by atoms with Gasteiger partial charge in [0.15, 0.2) is 11.5 Å². The van der Waals surface area contributed by atoms with Crippen LogP contribution in [0.5, 0.6) is 11.5 Å². The molecule has 0 saturated carbocycles. The first-order chi connectivity index (χ1) is 13.4. The van der Waals surface area contributed by atoms with E-state index < -0.39 is 0 Å². The van der Waals surface area contributed by atoms with Crippen LogP contribution in [-0.4, -0.2) is 25.0 Å². The first-order valence-corrected chi connectivity index (χ1v) is 9.53. The fourth-order valence-corrected chi connectivity index (χ4v) is 2.62. The van der Waals surface area contributed by atoms with Crippen LogP contribution in [0.25, 0.3) is 0 Å². The Labute approximate surface area is 166 Å². The van der Waals surface area contributed by atoms with Gasteiger partial charge in [-0.05, 0) is 62.2 Å². The molecule has 0 heterocycles. The van der Waals surface area contributed by atoms with Gasteiger partial charge in [-0.15, -0.1) is 0 Å². The third-order valence-corrected chi connectivity index (χ3v) is 3.83. The second-order valence-electron chi connectivity index (χ2n) is 6.71. The predicted molar refractivity (Wildman–Crippen MR) is 111 cm³/mol. The Morgan fingerprint density at radius 1 is 0.857 bits per heavy atom. The van der Waals surface area contributed by atoms with Crippen LogP contribution < -0.4 is 20.1 Å². The Balaban J connectivity index is 2.04. The zero-order chi connectivity index (χ0) is 20.5. The minimum atomic E-state index is -0.249. The lowest BCUT2D eigenvalue weighted by atomic mass is 10.1. The second kappa shape index (κ2) is 10.3. The van der Waals surface area contributed by atoms with Gasteiger partial charge in [-0.25, -0.2) is 0 Å². The molecule has 150 valence electrons. The third-order valence-electron chi connectivity index (χ3n) is 3.83. The zero-order valence-corrected chi connectivity index (χ0v) is 16.9. The molecule has 2 amide bonds. The minimum Gasteiger partial charge on any atom is -0.490 e. The van der Waals surface area contributed by atoms with E-state index in [1.165, 1.54) is 0 Å². The topological polar surface area (TPSA) is 76.7 Å². The number of ether oxygens (including phenoxy) is 2. The molecule has 28 heavy (non-hydrogen) atoms. The van der Waals surface area contributed by atoms with E-state index in [1.807, 2.05) is 27.7 Å². The lowest BCUT2D eigenvalue weighted by Gasteiger charge is -2.13. The molecule has 0 bridgehead atoms. The van der Waals surface area contributed by atoms with E-state index in [1.54, 1.807) is 42.5 Å². The Hall–Kier alpha value is -3.02. The van der Waals surface area contributed by atoms with Crippen molar-refractivity contribution in [2.75, 3.05) is 23.8 Å². The predicted octanol–water partition coefficient (Wildman–Crippen LogP) is 4.72. The maximum absolute atomic E-state index is 12.5. The average Bonchev–Trinajstić information content (AvgIpc) is 2.64. The monoisotopic (exact) mass is 384 g/mol. The van der Waals surface area contributed by atoms with Crippen molar-refractivity contribution in [3.05, 3.63) is 48.0 Å². The molecule has 0 aliphatic rings. The maximum atomic E-state index is 12.5. The zero-order valence-electron chi connectivity index (χ0n) is 16.9. The summed E-state index contributed by atoms with van der Waals surface area (Å²) < 4.78 is 11.1. The molecule has 0 unspecified atom stereocenters. The molecular formula is C22H28N2O4. The van der Waals surface area contributed by atoms with E-state index in [0.717, 1.165) is 0 Å². The maximum Gasteiger partial charge on any atom is 0.255 e. The molecule has 0 radical (unpaired) electrons. The highest BCUT2D eigenvalue weighted by Gasteiger charge is 2.12. The molecule has 0 atom stereocenters. The van der Waals surface area contributed by atoms with Gasteiger partial charge in [0.1, 0.15) is 0 Å². The van der Waals surface area contributed by atoms with E-state index in [-0.39, 0.29) is 11.8 Å². The van der Waals surface area contributed by atoms with Crippen molar-refractivity contribution in [2.24, 2.45) is 5.92 Å². The Bertz CT molecular complexity index is 801. The number of rotatable bonds is 9. The number of carbonyl (C=O) groups excluding carboxylic acids is 2. The molecule has 6 heteroatoms. The molecule has 0 saturated heterocycles. The summed E-state index contributed by atoms with van der Waals surface area (Å²) in [5.74, 6) is 1.18. The van der Waals surface area contributed by atoms with Crippen LogP contribution in [0.2, 0.25) is 0 Å². The van der Waals surface area contributed by atoms with Crippen LogP contribution in [0.3, 0.4) is 0 Å². The van der Waals surface area contributed by atoms with Gasteiger partial charge < -0.3 is 20.1 Å². The van der Waals surface area contributed by atoms with Gasteiger partial charge in [0.25, 0.3) is 5.91 Å². The molecule has 2 aromatic carbocycles. The quantitative estimate of drug-likeness (QED) is 0.656. The van der Waals surface area contributed by atoms with Crippen molar-refractivity contribution in [2.45, 2.75) is 34.1 Å². The van der Waals surface area contributed by atoms with Crippen LogP contribution in [0.4, 0.5) is 11.4 Å². The smallest absolute Gasteiger partial charge is 0.255 e. The molecule has 2 N–H and O–H groups in total. The summed E-state index contributed by atoms with van der Waals surface area (Å²) in [7, 11) is 0. The van der Waals surface area contributed by atoms with Crippen molar-refractivity contribution in [1.82, 2.24) is 0 Å². The number of carbonyl (C=O) groups is 2. The summed E-state index contributed by atoms with van der Waals surface area (Å²) in [5.41, 5.74) is 1.81. The van der Waals surface area contributed by atoms with Crippen molar-refractivity contribution in [1.29, 1.82) is 0 Å². The first-order valence-electron chi connectivity index (χ1n) is 9.53. The standard InChI is InChI=1S/C22H28N2O4/c1-5-27-19-12-7-16(14-20(19)28-6-2)22(26)24-18-10-8-17(9-11-18)23-21(25)13-15(3)4/h7-12,14-15H,5-6,13H2,1-4H3,(H,23,25)(H,24,26). The Kier molecular flexibility index (Phi) is 7.87. The number of amides is 2. The number of nitrogens with one attached hydrogen (secondary N) is 2. The van der Waals surface area contributed by atoms with E-state index in [9.17, 15) is 9.59 Å². The largest absolute Gasteiger partial charge is 0.490 e. The molecule has 2 rings (SSSR count). The van der Waals surface area contributed by atoms with Gasteiger partial charge >= 0.3 is 0 Å². The Morgan fingerprint density at radius 2 is 1.43 bits per heavy atom. The fraction of sp³-hybridized carbons (Fsp3) is 0.364. The number of benzene rings is 2. The van der Waals surface area contributed by atoms with Gasteiger partial charge in [-0.1, -0.05) is 13.8 Å². The third kappa shape index (κ3) is 6.30. The molecule has 0 aliphatic heterocycles. The van der Waals surface area contributed by atoms with Crippen molar-refractivity contribution >= 4 is 23.2 Å². The summed E-state index contributed by atoms with van der Waals surface area (Å²) in [4.78, 5) is 24.4. The molecule has 0 aromatic heterocycles. The van der Waals surface area contributed by atoms with E-state index >= 15 is 0 Å². The van der Waals surface area contributed by atoms with Crippen molar-refractivity contribution < 1.29 is 19.1 Å². The van der Waals surface area contributed by atoms with Crippen LogP contribution in [0.15, 0.2) is 42.5 Å². The number of anilines is 2. The van der Waals surface area contributed by atoms with E-state index in [2.05, 4.69) is 10.6 Å². The lowest BCUT2D eigenvalue weighted by molar-refractivity contribution is -0.116. The molecular weight excluding hydrogens is 356 g/mol.